The SMILES string of the molecule is Cc1csc(CNC(=O)N2CCOCC2C)n1. The van der Waals surface area contributed by atoms with Gasteiger partial charge in [0, 0.05) is 17.6 Å². The molecule has 1 aliphatic heterocycles. The van der Waals surface area contributed by atoms with Gasteiger partial charge in [-0.3, -0.25) is 0 Å². The highest BCUT2D eigenvalue weighted by Crippen LogP contribution is 2.09. The zero-order valence-corrected chi connectivity index (χ0v) is 10.9. The molecule has 1 unspecified atom stereocenters. The molecule has 0 aromatic carbocycles. The van der Waals surface area contributed by atoms with Crippen LogP contribution in [0.15, 0.2) is 5.38 Å². The van der Waals surface area contributed by atoms with Crippen molar-refractivity contribution in [3.8, 4) is 0 Å². The molecule has 0 aliphatic carbocycles. The van der Waals surface area contributed by atoms with Gasteiger partial charge in [-0.2, -0.15) is 0 Å². The highest BCUT2D eigenvalue weighted by atomic mass is 32.1. The van der Waals surface area contributed by atoms with Crippen LogP contribution in [0.2, 0.25) is 0 Å². The van der Waals surface area contributed by atoms with Crippen LogP contribution in [-0.2, 0) is 11.3 Å². The van der Waals surface area contributed by atoms with Crippen LogP contribution in [0.3, 0.4) is 0 Å². The van der Waals surface area contributed by atoms with Crippen LogP contribution >= 0.6 is 11.3 Å². The normalized spacial score (nSPS) is 20.4. The lowest BCUT2D eigenvalue weighted by Gasteiger charge is -2.33. The lowest BCUT2D eigenvalue weighted by molar-refractivity contribution is 0.0190. The Morgan fingerprint density at radius 1 is 1.76 bits per heavy atom. The molecule has 1 fully saturated rings. The number of hydrogen-bond acceptors (Lipinski definition) is 4. The summed E-state index contributed by atoms with van der Waals surface area (Å²) in [5, 5.41) is 5.82. The fourth-order valence-electron chi connectivity index (χ4n) is 1.77. The van der Waals surface area contributed by atoms with Crippen LogP contribution in [0.1, 0.15) is 17.6 Å². The highest BCUT2D eigenvalue weighted by Gasteiger charge is 2.23. The van der Waals surface area contributed by atoms with E-state index in [0.717, 1.165) is 10.7 Å². The summed E-state index contributed by atoms with van der Waals surface area (Å²) in [6.07, 6.45) is 0. The Bertz CT molecular complexity index is 394. The molecule has 0 spiro atoms. The molecule has 1 N–H and O–H groups in total. The number of amides is 2. The molecule has 17 heavy (non-hydrogen) atoms. The fourth-order valence-corrected chi connectivity index (χ4v) is 2.48. The van der Waals surface area contributed by atoms with E-state index in [1.165, 1.54) is 0 Å². The Balaban J connectivity index is 1.84. The zero-order chi connectivity index (χ0) is 12.3. The third kappa shape index (κ3) is 3.17. The molecule has 0 bridgehead atoms. The van der Waals surface area contributed by atoms with Crippen molar-refractivity contribution in [1.82, 2.24) is 15.2 Å². The number of nitrogens with zero attached hydrogens (tertiary/aromatic N) is 2. The lowest BCUT2D eigenvalue weighted by Crippen LogP contribution is -2.51. The van der Waals surface area contributed by atoms with Gasteiger partial charge in [-0.25, -0.2) is 9.78 Å². The maximum Gasteiger partial charge on any atom is 0.318 e. The second-order valence-corrected chi connectivity index (χ2v) is 5.10. The molecule has 0 saturated carbocycles. The number of urea groups is 1. The van der Waals surface area contributed by atoms with Gasteiger partial charge in [-0.05, 0) is 13.8 Å². The monoisotopic (exact) mass is 255 g/mol. The summed E-state index contributed by atoms with van der Waals surface area (Å²) in [6, 6.07) is 0.107. The van der Waals surface area contributed by atoms with Crippen molar-refractivity contribution in [2.45, 2.75) is 26.4 Å². The van der Waals surface area contributed by atoms with Crippen molar-refractivity contribution >= 4 is 17.4 Å². The molecular weight excluding hydrogens is 238 g/mol. The predicted octanol–water partition coefficient (Wildman–Crippen LogP) is 1.38. The summed E-state index contributed by atoms with van der Waals surface area (Å²) < 4.78 is 5.30. The van der Waals surface area contributed by atoms with Crippen LogP contribution in [0.25, 0.3) is 0 Å². The van der Waals surface area contributed by atoms with Gasteiger partial charge in [0.1, 0.15) is 5.01 Å². The van der Waals surface area contributed by atoms with Crippen molar-refractivity contribution in [3.05, 3.63) is 16.1 Å². The Kier molecular flexibility index (Phi) is 3.96. The third-order valence-electron chi connectivity index (χ3n) is 2.69. The summed E-state index contributed by atoms with van der Waals surface area (Å²) in [5.74, 6) is 0. The van der Waals surface area contributed by atoms with Crippen molar-refractivity contribution in [2.24, 2.45) is 0 Å². The summed E-state index contributed by atoms with van der Waals surface area (Å²) in [7, 11) is 0. The number of rotatable bonds is 2. The maximum atomic E-state index is 11.9. The van der Waals surface area contributed by atoms with E-state index >= 15 is 0 Å². The summed E-state index contributed by atoms with van der Waals surface area (Å²) in [6.45, 7) is 6.33. The summed E-state index contributed by atoms with van der Waals surface area (Å²) in [4.78, 5) is 18.0. The maximum absolute atomic E-state index is 11.9. The van der Waals surface area contributed by atoms with E-state index in [0.29, 0.717) is 26.3 Å². The second-order valence-electron chi connectivity index (χ2n) is 4.16. The molecule has 2 heterocycles. The topological polar surface area (TPSA) is 54.5 Å². The van der Waals surface area contributed by atoms with Gasteiger partial charge in [-0.15, -0.1) is 11.3 Å². The van der Waals surface area contributed by atoms with Crippen LogP contribution < -0.4 is 5.32 Å². The van der Waals surface area contributed by atoms with Gasteiger partial charge in [0.15, 0.2) is 0 Å². The predicted molar refractivity (Wildman–Crippen MR) is 66.1 cm³/mol. The number of ether oxygens (including phenoxy) is 1. The standard InChI is InChI=1S/C11H17N3O2S/c1-8-7-17-10(13-8)5-12-11(15)14-3-4-16-6-9(14)2/h7,9H,3-6H2,1-2H3,(H,12,15). The molecule has 2 rings (SSSR count). The average Bonchev–Trinajstić information content (AvgIpc) is 2.73. The van der Waals surface area contributed by atoms with E-state index in [9.17, 15) is 4.79 Å². The molecule has 6 heteroatoms. The van der Waals surface area contributed by atoms with Gasteiger partial charge < -0.3 is 15.0 Å². The number of hydrogen-bond donors (Lipinski definition) is 1. The van der Waals surface area contributed by atoms with Gasteiger partial charge in [0.25, 0.3) is 0 Å². The van der Waals surface area contributed by atoms with E-state index in [-0.39, 0.29) is 12.1 Å². The van der Waals surface area contributed by atoms with Gasteiger partial charge >= 0.3 is 6.03 Å². The minimum atomic E-state index is -0.0337. The molecule has 2 amide bonds. The van der Waals surface area contributed by atoms with Crippen molar-refractivity contribution in [3.63, 3.8) is 0 Å². The average molecular weight is 255 g/mol. The molecule has 1 aromatic rings. The smallest absolute Gasteiger partial charge is 0.318 e. The molecule has 1 atom stereocenters. The fraction of sp³-hybridized carbons (Fsp3) is 0.636. The van der Waals surface area contributed by atoms with Gasteiger partial charge in [-0.1, -0.05) is 0 Å². The molecule has 5 nitrogen and oxygen atoms in total. The number of aryl methyl sites for hydroxylation is 1. The van der Waals surface area contributed by atoms with Crippen LogP contribution in [-0.4, -0.2) is 41.7 Å². The van der Waals surface area contributed by atoms with E-state index in [2.05, 4.69) is 10.3 Å². The molecular formula is C11H17N3O2S. The number of carbonyl (C=O) groups excluding carboxylic acids is 1. The van der Waals surface area contributed by atoms with Crippen LogP contribution in [0, 0.1) is 6.92 Å². The largest absolute Gasteiger partial charge is 0.377 e. The van der Waals surface area contributed by atoms with Gasteiger partial charge in [0.2, 0.25) is 0 Å². The molecule has 0 radical (unpaired) electrons. The van der Waals surface area contributed by atoms with Crippen LogP contribution in [0.5, 0.6) is 0 Å². The molecule has 94 valence electrons. The number of thiazole rings is 1. The molecule has 1 saturated heterocycles. The van der Waals surface area contributed by atoms with Crippen molar-refractivity contribution in [1.29, 1.82) is 0 Å². The van der Waals surface area contributed by atoms with Crippen molar-refractivity contribution in [2.75, 3.05) is 19.8 Å². The third-order valence-corrected chi connectivity index (χ3v) is 3.65. The first kappa shape index (κ1) is 12.3. The summed E-state index contributed by atoms with van der Waals surface area (Å²) >= 11 is 1.57. The Hall–Kier alpha value is -1.14. The summed E-state index contributed by atoms with van der Waals surface area (Å²) in [5.41, 5.74) is 0.999. The lowest BCUT2D eigenvalue weighted by atomic mass is 10.3. The van der Waals surface area contributed by atoms with E-state index in [1.54, 1.807) is 11.3 Å². The number of morpholine rings is 1. The van der Waals surface area contributed by atoms with Crippen molar-refractivity contribution < 1.29 is 9.53 Å². The Morgan fingerprint density at radius 2 is 2.59 bits per heavy atom. The Labute approximate surface area is 105 Å². The van der Waals surface area contributed by atoms with Gasteiger partial charge in [0.05, 0.1) is 25.8 Å². The zero-order valence-electron chi connectivity index (χ0n) is 10.1. The number of nitrogens with one attached hydrogen (secondary N) is 1. The van der Waals surface area contributed by atoms with E-state index < -0.39 is 0 Å². The Morgan fingerprint density at radius 3 is 3.24 bits per heavy atom. The first-order chi connectivity index (χ1) is 8.16. The van der Waals surface area contributed by atoms with E-state index in [1.807, 2.05) is 24.1 Å². The highest BCUT2D eigenvalue weighted by molar-refractivity contribution is 7.09. The molecule has 1 aliphatic rings. The first-order valence-electron chi connectivity index (χ1n) is 5.70. The minimum Gasteiger partial charge on any atom is -0.377 e. The van der Waals surface area contributed by atoms with E-state index in [4.69, 9.17) is 4.74 Å². The second kappa shape index (κ2) is 5.46. The van der Waals surface area contributed by atoms with Crippen LogP contribution in [0.4, 0.5) is 4.79 Å². The molecule has 1 aromatic heterocycles. The quantitative estimate of drug-likeness (QED) is 0.868. The minimum absolute atomic E-state index is 0.0337. The number of aromatic nitrogens is 1. The number of carbonyl (C=O) groups is 1. The first-order valence-corrected chi connectivity index (χ1v) is 6.58.